The first kappa shape index (κ1) is 15.7. The second-order valence-electron chi connectivity index (χ2n) is 5.74. The van der Waals surface area contributed by atoms with Crippen molar-refractivity contribution in [3.63, 3.8) is 0 Å². The molecule has 1 fully saturated rings. The molecular formula is C16H20ClN5O. The number of carbonyl (C=O) groups is 1. The normalized spacial score (nSPS) is 17.8. The predicted octanol–water partition coefficient (Wildman–Crippen LogP) is 2.86. The highest BCUT2D eigenvalue weighted by Crippen LogP contribution is 2.27. The van der Waals surface area contributed by atoms with E-state index in [2.05, 4.69) is 20.6 Å². The molecule has 3 rings (SSSR count). The van der Waals surface area contributed by atoms with Crippen molar-refractivity contribution in [3.05, 3.63) is 41.7 Å². The van der Waals surface area contributed by atoms with Crippen molar-refractivity contribution in [2.24, 2.45) is 7.05 Å². The quantitative estimate of drug-likeness (QED) is 0.908. The van der Waals surface area contributed by atoms with Crippen LogP contribution in [0.2, 0.25) is 5.02 Å². The van der Waals surface area contributed by atoms with Crippen LogP contribution in [0, 0.1) is 0 Å². The van der Waals surface area contributed by atoms with Crippen LogP contribution in [-0.2, 0) is 7.05 Å². The minimum absolute atomic E-state index is 0.0942. The third-order valence-corrected chi connectivity index (χ3v) is 4.23. The Balaban J connectivity index is 1.58. The second-order valence-corrected chi connectivity index (χ2v) is 6.14. The van der Waals surface area contributed by atoms with Crippen LogP contribution in [0.3, 0.4) is 0 Å². The molecule has 1 aromatic heterocycles. The molecule has 0 bridgehead atoms. The maximum absolute atomic E-state index is 12.1. The largest absolute Gasteiger partial charge is 0.368 e. The number of halogens is 1. The fourth-order valence-corrected chi connectivity index (χ4v) is 3.12. The molecule has 0 saturated carbocycles. The van der Waals surface area contributed by atoms with Crippen LogP contribution in [0.4, 0.5) is 16.2 Å². The fraction of sp³-hybridized carbons (Fsp3) is 0.375. The lowest BCUT2D eigenvalue weighted by Gasteiger charge is -2.35. The van der Waals surface area contributed by atoms with E-state index in [1.165, 1.54) is 0 Å². The summed E-state index contributed by atoms with van der Waals surface area (Å²) in [7, 11) is 1.81. The van der Waals surface area contributed by atoms with Gasteiger partial charge in [-0.1, -0.05) is 23.7 Å². The van der Waals surface area contributed by atoms with Gasteiger partial charge in [-0.3, -0.25) is 4.68 Å². The standard InChI is InChI=1S/C16H20ClN5O/c1-21-10-13(9-18-21)20-16(23)19-12-5-4-8-22(11-12)15-7-3-2-6-14(15)17/h2-3,6-7,9-10,12H,4-5,8,11H2,1H3,(H2,19,20,23)/t12-/m0/s1. The van der Waals surface area contributed by atoms with Gasteiger partial charge in [-0.25, -0.2) is 4.79 Å². The molecule has 2 amide bonds. The first-order chi connectivity index (χ1) is 11.1. The summed E-state index contributed by atoms with van der Waals surface area (Å²) in [5, 5.41) is 10.6. The SMILES string of the molecule is Cn1cc(NC(=O)N[C@H]2CCCN(c3ccccc3Cl)C2)cn1. The Morgan fingerprint density at radius 1 is 1.39 bits per heavy atom. The van der Waals surface area contributed by atoms with Crippen LogP contribution in [0.25, 0.3) is 0 Å². The van der Waals surface area contributed by atoms with Crippen molar-refractivity contribution < 1.29 is 4.79 Å². The van der Waals surface area contributed by atoms with Crippen LogP contribution >= 0.6 is 11.6 Å². The Morgan fingerprint density at radius 3 is 2.96 bits per heavy atom. The van der Waals surface area contributed by atoms with E-state index < -0.39 is 0 Å². The first-order valence-electron chi connectivity index (χ1n) is 7.67. The molecule has 2 N–H and O–H groups in total. The van der Waals surface area contributed by atoms with Crippen LogP contribution in [0.15, 0.2) is 36.7 Å². The summed E-state index contributed by atoms with van der Waals surface area (Å²) in [4.78, 5) is 14.3. The van der Waals surface area contributed by atoms with E-state index in [1.807, 2.05) is 31.3 Å². The monoisotopic (exact) mass is 333 g/mol. The summed E-state index contributed by atoms with van der Waals surface area (Å²) < 4.78 is 1.65. The molecule has 6 nitrogen and oxygen atoms in total. The van der Waals surface area contributed by atoms with Gasteiger partial charge in [-0.2, -0.15) is 5.10 Å². The highest BCUT2D eigenvalue weighted by molar-refractivity contribution is 6.33. The summed E-state index contributed by atoms with van der Waals surface area (Å²) >= 11 is 6.27. The van der Waals surface area contributed by atoms with Crippen molar-refractivity contribution in [1.29, 1.82) is 0 Å². The van der Waals surface area contributed by atoms with Gasteiger partial charge in [-0.15, -0.1) is 0 Å². The van der Waals surface area contributed by atoms with Crippen molar-refractivity contribution in [2.45, 2.75) is 18.9 Å². The highest BCUT2D eigenvalue weighted by Gasteiger charge is 2.22. The van der Waals surface area contributed by atoms with Crippen LogP contribution in [0.1, 0.15) is 12.8 Å². The number of nitrogens with zero attached hydrogens (tertiary/aromatic N) is 3. The van der Waals surface area contributed by atoms with E-state index in [-0.39, 0.29) is 12.1 Å². The van der Waals surface area contributed by atoms with Crippen LogP contribution < -0.4 is 15.5 Å². The molecule has 7 heteroatoms. The number of para-hydroxylation sites is 1. The molecule has 0 radical (unpaired) electrons. The minimum Gasteiger partial charge on any atom is -0.368 e. The van der Waals surface area contributed by atoms with Gasteiger partial charge in [0.1, 0.15) is 0 Å². The average molecular weight is 334 g/mol. The van der Waals surface area contributed by atoms with Gasteiger partial charge in [-0.05, 0) is 25.0 Å². The third-order valence-electron chi connectivity index (χ3n) is 3.91. The number of hydrogen-bond acceptors (Lipinski definition) is 3. The molecule has 23 heavy (non-hydrogen) atoms. The molecule has 2 heterocycles. The summed E-state index contributed by atoms with van der Waals surface area (Å²) in [6, 6.07) is 7.70. The molecular weight excluding hydrogens is 314 g/mol. The van der Waals surface area contributed by atoms with Crippen molar-refractivity contribution in [3.8, 4) is 0 Å². The lowest BCUT2D eigenvalue weighted by atomic mass is 10.1. The van der Waals surface area contributed by atoms with Gasteiger partial charge in [0.05, 0.1) is 22.6 Å². The fourth-order valence-electron chi connectivity index (χ4n) is 2.86. The number of hydrogen-bond donors (Lipinski definition) is 2. The summed E-state index contributed by atoms with van der Waals surface area (Å²) in [5.41, 5.74) is 1.71. The minimum atomic E-state index is -0.205. The predicted molar refractivity (Wildman–Crippen MR) is 92.0 cm³/mol. The summed E-state index contributed by atoms with van der Waals surface area (Å²) in [6.45, 7) is 1.70. The Labute approximate surface area is 140 Å². The molecule has 0 unspecified atom stereocenters. The average Bonchev–Trinajstić information content (AvgIpc) is 2.93. The molecule has 1 atom stereocenters. The molecule has 2 aromatic rings. The Morgan fingerprint density at radius 2 is 2.22 bits per heavy atom. The van der Waals surface area contributed by atoms with E-state index in [9.17, 15) is 4.79 Å². The van der Waals surface area contributed by atoms with Gasteiger partial charge in [0.15, 0.2) is 0 Å². The maximum atomic E-state index is 12.1. The smallest absolute Gasteiger partial charge is 0.319 e. The Kier molecular flexibility index (Phi) is 4.71. The zero-order chi connectivity index (χ0) is 16.2. The molecule has 122 valence electrons. The number of urea groups is 1. The summed E-state index contributed by atoms with van der Waals surface area (Å²) in [5.74, 6) is 0. The number of piperidine rings is 1. The number of anilines is 2. The van der Waals surface area contributed by atoms with Gasteiger partial charge in [0, 0.05) is 32.4 Å². The highest BCUT2D eigenvalue weighted by atomic mass is 35.5. The van der Waals surface area contributed by atoms with Gasteiger partial charge < -0.3 is 15.5 Å². The topological polar surface area (TPSA) is 62.2 Å². The second kappa shape index (κ2) is 6.91. The Hall–Kier alpha value is -2.21. The first-order valence-corrected chi connectivity index (χ1v) is 8.05. The molecule has 0 spiro atoms. The number of aryl methyl sites for hydroxylation is 1. The molecule has 1 saturated heterocycles. The molecule has 1 aromatic carbocycles. The number of nitrogens with one attached hydrogen (secondary N) is 2. The van der Waals surface area contributed by atoms with Crippen LogP contribution in [-0.4, -0.2) is 34.9 Å². The van der Waals surface area contributed by atoms with Crippen molar-refractivity contribution >= 4 is 29.0 Å². The third kappa shape index (κ3) is 3.96. The zero-order valence-corrected chi connectivity index (χ0v) is 13.8. The number of amides is 2. The Bertz CT molecular complexity index is 687. The molecule has 1 aliphatic heterocycles. The number of benzene rings is 1. The van der Waals surface area contributed by atoms with E-state index >= 15 is 0 Å². The summed E-state index contributed by atoms with van der Waals surface area (Å²) in [6.07, 6.45) is 5.36. The number of rotatable bonds is 3. The van der Waals surface area contributed by atoms with E-state index in [0.29, 0.717) is 5.69 Å². The lowest BCUT2D eigenvalue weighted by Crippen LogP contribution is -2.49. The van der Waals surface area contributed by atoms with E-state index in [1.54, 1.807) is 17.1 Å². The van der Waals surface area contributed by atoms with E-state index in [0.717, 1.165) is 36.6 Å². The number of aromatic nitrogens is 2. The van der Waals surface area contributed by atoms with Crippen molar-refractivity contribution in [2.75, 3.05) is 23.3 Å². The zero-order valence-electron chi connectivity index (χ0n) is 13.0. The van der Waals surface area contributed by atoms with Crippen LogP contribution in [0.5, 0.6) is 0 Å². The lowest BCUT2D eigenvalue weighted by molar-refractivity contribution is 0.246. The maximum Gasteiger partial charge on any atom is 0.319 e. The van der Waals surface area contributed by atoms with Crippen molar-refractivity contribution in [1.82, 2.24) is 15.1 Å². The van der Waals surface area contributed by atoms with Gasteiger partial charge in [0.25, 0.3) is 0 Å². The van der Waals surface area contributed by atoms with Gasteiger partial charge in [0.2, 0.25) is 0 Å². The molecule has 0 aliphatic carbocycles. The van der Waals surface area contributed by atoms with Gasteiger partial charge >= 0.3 is 6.03 Å². The number of carbonyl (C=O) groups excluding carboxylic acids is 1. The van der Waals surface area contributed by atoms with E-state index in [4.69, 9.17) is 11.6 Å². The molecule has 1 aliphatic rings.